The molecule has 0 aliphatic rings. The van der Waals surface area contributed by atoms with Gasteiger partial charge >= 0.3 is 0 Å². The highest BCUT2D eigenvalue weighted by Gasteiger charge is 2.10. The van der Waals surface area contributed by atoms with Crippen molar-refractivity contribution < 1.29 is 4.92 Å². The summed E-state index contributed by atoms with van der Waals surface area (Å²) in [5, 5.41) is 20.7. The van der Waals surface area contributed by atoms with Gasteiger partial charge in [0.25, 0.3) is 5.69 Å². The normalized spacial score (nSPS) is 10.3. The summed E-state index contributed by atoms with van der Waals surface area (Å²) in [6, 6.07) is 16.0. The van der Waals surface area contributed by atoms with Crippen molar-refractivity contribution in [1.82, 2.24) is 4.57 Å². The van der Waals surface area contributed by atoms with Gasteiger partial charge in [0, 0.05) is 29.4 Å². The van der Waals surface area contributed by atoms with Gasteiger partial charge in [0.05, 0.1) is 16.0 Å². The predicted molar refractivity (Wildman–Crippen MR) is 74.6 cm³/mol. The highest BCUT2D eigenvalue weighted by atomic mass is 16.6. The number of para-hydroxylation sites is 1. The molecule has 0 fully saturated rings. The minimum atomic E-state index is -0.432. The van der Waals surface area contributed by atoms with Crippen LogP contribution in [0.25, 0.3) is 16.6 Å². The molecule has 0 saturated heterocycles. The van der Waals surface area contributed by atoms with Crippen LogP contribution in [0.4, 0.5) is 5.69 Å². The Balaban J connectivity index is 2.20. The summed E-state index contributed by atoms with van der Waals surface area (Å²) < 4.78 is 1.86. The SMILES string of the molecule is N#Cc1cn(-c2ccc([N+](=O)[O-])cc2)c2ccccc12. The summed E-state index contributed by atoms with van der Waals surface area (Å²) in [7, 11) is 0. The lowest BCUT2D eigenvalue weighted by atomic mass is 10.2. The number of aromatic nitrogens is 1. The van der Waals surface area contributed by atoms with Gasteiger partial charge in [-0.2, -0.15) is 5.26 Å². The van der Waals surface area contributed by atoms with Crippen LogP contribution in [0, 0.1) is 21.4 Å². The lowest BCUT2D eigenvalue weighted by Gasteiger charge is -2.04. The lowest BCUT2D eigenvalue weighted by Crippen LogP contribution is -1.93. The van der Waals surface area contributed by atoms with Crippen molar-refractivity contribution in [3.05, 3.63) is 70.4 Å². The van der Waals surface area contributed by atoms with E-state index < -0.39 is 4.92 Å². The summed E-state index contributed by atoms with van der Waals surface area (Å²) in [5.74, 6) is 0. The molecule has 96 valence electrons. The van der Waals surface area contributed by atoms with Crippen LogP contribution in [0.1, 0.15) is 5.56 Å². The molecule has 0 amide bonds. The molecule has 0 aliphatic heterocycles. The minimum absolute atomic E-state index is 0.0470. The van der Waals surface area contributed by atoms with E-state index in [1.807, 2.05) is 28.8 Å². The fraction of sp³-hybridized carbons (Fsp3) is 0. The quantitative estimate of drug-likeness (QED) is 0.525. The highest BCUT2D eigenvalue weighted by molar-refractivity contribution is 5.87. The highest BCUT2D eigenvalue weighted by Crippen LogP contribution is 2.25. The van der Waals surface area contributed by atoms with Crippen molar-refractivity contribution in [2.45, 2.75) is 0 Å². The molecule has 5 heteroatoms. The van der Waals surface area contributed by atoms with Gasteiger partial charge in [0.2, 0.25) is 0 Å². The average Bonchev–Trinajstić information content (AvgIpc) is 2.86. The number of nitro groups is 1. The number of nitrogens with zero attached hydrogens (tertiary/aromatic N) is 3. The number of nitro benzene ring substituents is 1. The molecule has 3 aromatic rings. The number of hydrogen-bond donors (Lipinski definition) is 0. The first-order chi connectivity index (χ1) is 9.70. The number of hydrogen-bond acceptors (Lipinski definition) is 3. The lowest BCUT2D eigenvalue weighted by molar-refractivity contribution is -0.384. The molecule has 5 nitrogen and oxygen atoms in total. The van der Waals surface area contributed by atoms with Crippen molar-refractivity contribution >= 4 is 16.6 Å². The summed E-state index contributed by atoms with van der Waals surface area (Å²) >= 11 is 0. The first kappa shape index (κ1) is 11.9. The number of rotatable bonds is 2. The van der Waals surface area contributed by atoms with Crippen molar-refractivity contribution in [2.75, 3.05) is 0 Å². The van der Waals surface area contributed by atoms with Gasteiger partial charge in [-0.25, -0.2) is 0 Å². The molecule has 3 rings (SSSR count). The summed E-state index contributed by atoms with van der Waals surface area (Å²) in [6.07, 6.45) is 1.74. The molecule has 0 aliphatic carbocycles. The van der Waals surface area contributed by atoms with Gasteiger partial charge in [-0.3, -0.25) is 10.1 Å². The summed E-state index contributed by atoms with van der Waals surface area (Å²) in [6.45, 7) is 0. The second-order valence-corrected chi connectivity index (χ2v) is 4.32. The maximum atomic E-state index is 10.7. The molecular formula is C15H9N3O2. The molecule has 2 aromatic carbocycles. The molecular weight excluding hydrogens is 254 g/mol. The summed E-state index contributed by atoms with van der Waals surface area (Å²) in [4.78, 5) is 10.2. The largest absolute Gasteiger partial charge is 0.315 e. The fourth-order valence-electron chi connectivity index (χ4n) is 2.22. The Kier molecular flexibility index (Phi) is 2.70. The van der Waals surface area contributed by atoms with Crippen LogP contribution >= 0.6 is 0 Å². The molecule has 0 unspecified atom stereocenters. The Morgan fingerprint density at radius 1 is 1.10 bits per heavy atom. The van der Waals surface area contributed by atoms with E-state index in [0.29, 0.717) is 5.56 Å². The molecule has 20 heavy (non-hydrogen) atoms. The van der Waals surface area contributed by atoms with E-state index in [1.54, 1.807) is 18.3 Å². The molecule has 0 radical (unpaired) electrons. The van der Waals surface area contributed by atoms with Gasteiger partial charge in [-0.15, -0.1) is 0 Å². The van der Waals surface area contributed by atoms with Gasteiger partial charge in [0.1, 0.15) is 6.07 Å². The van der Waals surface area contributed by atoms with Crippen LogP contribution in [0.5, 0.6) is 0 Å². The zero-order valence-electron chi connectivity index (χ0n) is 10.4. The molecule has 0 atom stereocenters. The van der Waals surface area contributed by atoms with Crippen LogP contribution in [-0.4, -0.2) is 9.49 Å². The maximum Gasteiger partial charge on any atom is 0.269 e. The van der Waals surface area contributed by atoms with E-state index in [9.17, 15) is 10.1 Å². The van der Waals surface area contributed by atoms with Crippen LogP contribution < -0.4 is 0 Å². The smallest absolute Gasteiger partial charge is 0.269 e. The monoisotopic (exact) mass is 263 g/mol. The van der Waals surface area contributed by atoms with Gasteiger partial charge in [0.15, 0.2) is 0 Å². The third kappa shape index (κ3) is 1.80. The number of benzene rings is 2. The molecule has 0 bridgehead atoms. The van der Waals surface area contributed by atoms with Gasteiger partial charge in [-0.1, -0.05) is 18.2 Å². The first-order valence-electron chi connectivity index (χ1n) is 5.96. The first-order valence-corrected chi connectivity index (χ1v) is 5.96. The van der Waals surface area contributed by atoms with E-state index in [1.165, 1.54) is 12.1 Å². The van der Waals surface area contributed by atoms with Crippen molar-refractivity contribution in [1.29, 1.82) is 5.26 Å². The Labute approximate surface area is 114 Å². The van der Waals surface area contributed by atoms with Crippen molar-refractivity contribution in [3.63, 3.8) is 0 Å². The van der Waals surface area contributed by atoms with Crippen LogP contribution in [-0.2, 0) is 0 Å². The van der Waals surface area contributed by atoms with E-state index in [0.717, 1.165) is 16.6 Å². The van der Waals surface area contributed by atoms with Crippen LogP contribution in [0.3, 0.4) is 0 Å². The van der Waals surface area contributed by atoms with Crippen molar-refractivity contribution in [3.8, 4) is 11.8 Å². The van der Waals surface area contributed by atoms with E-state index in [-0.39, 0.29) is 5.69 Å². The third-order valence-electron chi connectivity index (χ3n) is 3.17. The zero-order valence-corrected chi connectivity index (χ0v) is 10.4. The van der Waals surface area contributed by atoms with Crippen LogP contribution in [0.2, 0.25) is 0 Å². The maximum absolute atomic E-state index is 10.7. The zero-order chi connectivity index (χ0) is 14.1. The standard InChI is InChI=1S/C15H9N3O2/c16-9-11-10-17(15-4-2-1-3-14(11)15)12-5-7-13(8-6-12)18(19)20/h1-8,10H. The second kappa shape index (κ2) is 4.52. The number of fused-ring (bicyclic) bond motifs is 1. The molecule has 0 saturated carbocycles. The predicted octanol–water partition coefficient (Wildman–Crippen LogP) is 3.41. The second-order valence-electron chi connectivity index (χ2n) is 4.32. The topological polar surface area (TPSA) is 71.9 Å². The Morgan fingerprint density at radius 2 is 1.80 bits per heavy atom. The average molecular weight is 263 g/mol. The Morgan fingerprint density at radius 3 is 2.45 bits per heavy atom. The molecule has 0 N–H and O–H groups in total. The van der Waals surface area contributed by atoms with Gasteiger partial charge < -0.3 is 4.57 Å². The van der Waals surface area contributed by atoms with Gasteiger partial charge in [-0.05, 0) is 18.2 Å². The Hall–Kier alpha value is -3.13. The third-order valence-corrected chi connectivity index (χ3v) is 3.17. The minimum Gasteiger partial charge on any atom is -0.315 e. The Bertz CT molecular complexity index is 842. The number of nitriles is 1. The molecule has 0 spiro atoms. The van der Waals surface area contributed by atoms with E-state index in [4.69, 9.17) is 5.26 Å². The molecule has 1 heterocycles. The fourth-order valence-corrected chi connectivity index (χ4v) is 2.22. The van der Waals surface area contributed by atoms with E-state index >= 15 is 0 Å². The van der Waals surface area contributed by atoms with Crippen LogP contribution in [0.15, 0.2) is 54.7 Å². The number of non-ortho nitro benzene ring substituents is 1. The molecule has 1 aromatic heterocycles. The van der Waals surface area contributed by atoms with E-state index in [2.05, 4.69) is 6.07 Å². The summed E-state index contributed by atoms with van der Waals surface area (Å²) in [5.41, 5.74) is 2.32. The van der Waals surface area contributed by atoms with Crippen molar-refractivity contribution in [2.24, 2.45) is 0 Å².